The summed E-state index contributed by atoms with van der Waals surface area (Å²) >= 11 is 1.28. The molecule has 0 aliphatic carbocycles. The van der Waals surface area contributed by atoms with Gasteiger partial charge in [-0.05, 0) is 60.9 Å². The number of hydrogen-bond donors (Lipinski definition) is 1. The number of carbonyl (C=O) groups excluding carboxylic acids is 1. The molecular formula is C25H25N3O4S. The highest BCUT2D eigenvalue weighted by atomic mass is 32.1. The Morgan fingerprint density at radius 2 is 1.94 bits per heavy atom. The Bertz CT molecular complexity index is 1170. The number of thiazole rings is 1. The molecule has 33 heavy (non-hydrogen) atoms. The van der Waals surface area contributed by atoms with E-state index >= 15 is 0 Å². The van der Waals surface area contributed by atoms with Gasteiger partial charge < -0.3 is 14.2 Å². The summed E-state index contributed by atoms with van der Waals surface area (Å²) in [5.41, 5.74) is 3.04. The minimum atomic E-state index is -0.518. The average molecular weight is 464 g/mol. The first-order valence-corrected chi connectivity index (χ1v) is 11.2. The van der Waals surface area contributed by atoms with Gasteiger partial charge in [-0.15, -0.1) is 11.3 Å². The van der Waals surface area contributed by atoms with Crippen molar-refractivity contribution in [3.63, 3.8) is 0 Å². The summed E-state index contributed by atoms with van der Waals surface area (Å²) in [6.45, 7) is 5.12. The second kappa shape index (κ2) is 11.7. The number of aromatic nitrogens is 1. The van der Waals surface area contributed by atoms with Crippen LogP contribution >= 0.6 is 11.3 Å². The monoisotopic (exact) mass is 463 g/mol. The summed E-state index contributed by atoms with van der Waals surface area (Å²) in [6, 6.07) is 13.2. The van der Waals surface area contributed by atoms with Gasteiger partial charge in [-0.1, -0.05) is 12.1 Å². The van der Waals surface area contributed by atoms with Gasteiger partial charge in [0.15, 0.2) is 16.6 Å². The number of amides is 1. The van der Waals surface area contributed by atoms with E-state index in [-0.39, 0.29) is 5.57 Å². The van der Waals surface area contributed by atoms with Gasteiger partial charge in [-0.2, -0.15) is 5.26 Å². The normalized spacial score (nSPS) is 10.9. The van der Waals surface area contributed by atoms with Crippen LogP contribution in [0, 0.1) is 25.2 Å². The molecule has 0 aliphatic heterocycles. The fraction of sp³-hybridized carbons (Fsp3) is 0.240. The lowest BCUT2D eigenvalue weighted by atomic mass is 10.1. The van der Waals surface area contributed by atoms with Gasteiger partial charge in [0.25, 0.3) is 5.91 Å². The molecule has 0 spiro atoms. The highest BCUT2D eigenvalue weighted by molar-refractivity contribution is 7.13. The van der Waals surface area contributed by atoms with Crippen molar-refractivity contribution in [1.82, 2.24) is 4.98 Å². The third kappa shape index (κ3) is 6.82. The predicted octanol–water partition coefficient (Wildman–Crippen LogP) is 5.16. The number of nitrogens with one attached hydrogen (secondary N) is 1. The molecule has 1 heterocycles. The van der Waals surface area contributed by atoms with E-state index in [1.165, 1.54) is 28.5 Å². The van der Waals surface area contributed by atoms with Crippen molar-refractivity contribution in [2.75, 3.05) is 25.6 Å². The molecule has 0 aliphatic rings. The molecule has 0 radical (unpaired) electrons. The van der Waals surface area contributed by atoms with E-state index in [0.717, 1.165) is 5.75 Å². The molecule has 1 aromatic heterocycles. The van der Waals surface area contributed by atoms with Crippen molar-refractivity contribution >= 4 is 28.5 Å². The minimum absolute atomic E-state index is 0.0376. The Morgan fingerprint density at radius 1 is 1.12 bits per heavy atom. The molecule has 0 bridgehead atoms. The number of anilines is 1. The van der Waals surface area contributed by atoms with Crippen LogP contribution in [-0.2, 0) is 4.79 Å². The maximum atomic E-state index is 12.3. The van der Waals surface area contributed by atoms with Gasteiger partial charge in [-0.25, -0.2) is 4.98 Å². The minimum Gasteiger partial charge on any atom is -0.493 e. The number of hydrogen-bond acceptors (Lipinski definition) is 7. The molecule has 0 atom stereocenters. The lowest BCUT2D eigenvalue weighted by Gasteiger charge is -2.12. The summed E-state index contributed by atoms with van der Waals surface area (Å²) in [5.74, 6) is 1.41. The summed E-state index contributed by atoms with van der Waals surface area (Å²) < 4.78 is 17.0. The van der Waals surface area contributed by atoms with E-state index in [4.69, 9.17) is 14.2 Å². The number of nitriles is 1. The Hall–Kier alpha value is -3.83. The zero-order chi connectivity index (χ0) is 23.6. The molecule has 2 aromatic carbocycles. The number of rotatable bonds is 10. The Labute approximate surface area is 197 Å². The predicted molar refractivity (Wildman–Crippen MR) is 129 cm³/mol. The van der Waals surface area contributed by atoms with Crippen LogP contribution in [0.25, 0.3) is 6.08 Å². The molecule has 3 rings (SSSR count). The van der Waals surface area contributed by atoms with Crippen molar-refractivity contribution in [3.8, 4) is 23.3 Å². The van der Waals surface area contributed by atoms with E-state index in [2.05, 4.69) is 24.1 Å². The van der Waals surface area contributed by atoms with Gasteiger partial charge in [-0.3, -0.25) is 10.1 Å². The molecule has 1 amide bonds. The van der Waals surface area contributed by atoms with E-state index in [1.54, 1.807) is 36.9 Å². The van der Waals surface area contributed by atoms with Crippen LogP contribution in [0.15, 0.2) is 53.5 Å². The number of carbonyl (C=O) groups is 1. The largest absolute Gasteiger partial charge is 0.493 e. The Balaban J connectivity index is 1.56. The van der Waals surface area contributed by atoms with Crippen LogP contribution in [0.2, 0.25) is 0 Å². The van der Waals surface area contributed by atoms with Crippen LogP contribution in [0.1, 0.15) is 23.1 Å². The first-order valence-electron chi connectivity index (χ1n) is 10.3. The van der Waals surface area contributed by atoms with E-state index in [0.29, 0.717) is 41.8 Å². The Kier molecular flexibility index (Phi) is 8.44. The summed E-state index contributed by atoms with van der Waals surface area (Å²) in [6.07, 6.45) is 3.77. The van der Waals surface area contributed by atoms with Crippen LogP contribution in [0.5, 0.6) is 17.2 Å². The molecule has 170 valence electrons. The number of benzene rings is 2. The lowest BCUT2D eigenvalue weighted by Crippen LogP contribution is -2.13. The number of ether oxygens (including phenoxy) is 3. The molecule has 7 nitrogen and oxygen atoms in total. The number of aryl methyl sites for hydroxylation is 2. The third-order valence-electron chi connectivity index (χ3n) is 4.81. The summed E-state index contributed by atoms with van der Waals surface area (Å²) in [4.78, 5) is 16.3. The van der Waals surface area contributed by atoms with Crippen molar-refractivity contribution in [2.24, 2.45) is 0 Å². The maximum Gasteiger partial charge on any atom is 0.268 e. The van der Waals surface area contributed by atoms with E-state index < -0.39 is 5.91 Å². The summed E-state index contributed by atoms with van der Waals surface area (Å²) in [5, 5.41) is 14.2. The SMILES string of the molecule is COc1cc(/C=C(/C#N)C(=O)Nc2nccs2)ccc1OCCCOc1ccc(C)c(C)c1. The zero-order valence-corrected chi connectivity index (χ0v) is 19.6. The first kappa shape index (κ1) is 23.8. The second-order valence-corrected chi connectivity index (χ2v) is 8.06. The van der Waals surface area contributed by atoms with Crippen molar-refractivity contribution in [2.45, 2.75) is 20.3 Å². The van der Waals surface area contributed by atoms with Gasteiger partial charge in [0.05, 0.1) is 20.3 Å². The standard InChI is InChI=1S/C25H25N3O4S/c1-17-5-7-21(13-18(17)2)31-10-4-11-32-22-8-6-19(15-23(22)30-3)14-20(16-26)24(29)28-25-27-9-12-33-25/h5-9,12-15H,4,10-11H2,1-3H3,(H,27,28,29)/b20-14-. The fourth-order valence-corrected chi connectivity index (χ4v) is 3.42. The van der Waals surface area contributed by atoms with Crippen LogP contribution < -0.4 is 19.5 Å². The maximum absolute atomic E-state index is 12.3. The fourth-order valence-electron chi connectivity index (χ4n) is 2.89. The van der Waals surface area contributed by atoms with E-state index in [9.17, 15) is 10.1 Å². The van der Waals surface area contributed by atoms with Crippen LogP contribution in [-0.4, -0.2) is 31.2 Å². The van der Waals surface area contributed by atoms with Gasteiger partial charge in [0, 0.05) is 18.0 Å². The molecule has 1 N–H and O–H groups in total. The smallest absolute Gasteiger partial charge is 0.268 e. The molecule has 0 saturated carbocycles. The topological polar surface area (TPSA) is 93.5 Å². The van der Waals surface area contributed by atoms with E-state index in [1.807, 2.05) is 24.3 Å². The van der Waals surface area contributed by atoms with Gasteiger partial charge in [0.1, 0.15) is 17.4 Å². The van der Waals surface area contributed by atoms with Crippen molar-refractivity contribution in [3.05, 3.63) is 70.2 Å². The molecule has 3 aromatic rings. The van der Waals surface area contributed by atoms with Crippen LogP contribution in [0.3, 0.4) is 0 Å². The summed E-state index contributed by atoms with van der Waals surface area (Å²) in [7, 11) is 1.54. The molecule has 0 fully saturated rings. The molecule has 8 heteroatoms. The zero-order valence-electron chi connectivity index (χ0n) is 18.8. The van der Waals surface area contributed by atoms with Gasteiger partial charge in [0.2, 0.25) is 0 Å². The first-order chi connectivity index (χ1) is 16.0. The molecule has 0 unspecified atom stereocenters. The van der Waals surface area contributed by atoms with Crippen molar-refractivity contribution < 1.29 is 19.0 Å². The van der Waals surface area contributed by atoms with Crippen molar-refractivity contribution in [1.29, 1.82) is 5.26 Å². The quantitative estimate of drug-likeness (QED) is 0.254. The van der Waals surface area contributed by atoms with Crippen LogP contribution in [0.4, 0.5) is 5.13 Å². The molecule has 0 saturated heterocycles. The average Bonchev–Trinajstić information content (AvgIpc) is 3.33. The third-order valence-corrected chi connectivity index (χ3v) is 5.50. The highest BCUT2D eigenvalue weighted by Crippen LogP contribution is 2.29. The molecular weight excluding hydrogens is 438 g/mol. The van der Waals surface area contributed by atoms with Gasteiger partial charge >= 0.3 is 0 Å². The number of nitrogens with zero attached hydrogens (tertiary/aromatic N) is 2. The highest BCUT2D eigenvalue weighted by Gasteiger charge is 2.12. The lowest BCUT2D eigenvalue weighted by molar-refractivity contribution is -0.112. The number of methoxy groups -OCH3 is 1. The Morgan fingerprint density at radius 3 is 2.64 bits per heavy atom. The second-order valence-electron chi connectivity index (χ2n) is 7.17.